The molecule has 4 rings (SSSR count). The minimum Gasteiger partial charge on any atom is -0.494 e. The van der Waals surface area contributed by atoms with Gasteiger partial charge in [-0.05, 0) is 51.0 Å². The van der Waals surface area contributed by atoms with Crippen LogP contribution in [0.5, 0.6) is 5.75 Å². The molecule has 0 amide bonds. The van der Waals surface area contributed by atoms with Crippen molar-refractivity contribution in [2.75, 3.05) is 6.61 Å². The number of allylic oxidation sites excluding steroid dienone is 3. The van der Waals surface area contributed by atoms with Gasteiger partial charge in [0.05, 0.1) is 24.2 Å². The maximum absolute atomic E-state index is 13.6. The molecule has 1 aliphatic heterocycles. The second-order valence-electron chi connectivity index (χ2n) is 8.88. The minimum absolute atomic E-state index is 0.00963. The Balaban J connectivity index is 1.79. The van der Waals surface area contributed by atoms with Crippen LogP contribution in [0.4, 0.5) is 0 Å². The van der Waals surface area contributed by atoms with Crippen molar-refractivity contribution in [2.45, 2.75) is 52.1 Å². The summed E-state index contributed by atoms with van der Waals surface area (Å²) in [5.41, 5.74) is 4.11. The molecule has 5 nitrogen and oxygen atoms in total. The molecule has 0 aromatic heterocycles. The van der Waals surface area contributed by atoms with Gasteiger partial charge in [0, 0.05) is 29.7 Å². The number of rotatable bonds is 6. The van der Waals surface area contributed by atoms with Gasteiger partial charge < -0.3 is 14.8 Å². The third-order valence-electron chi connectivity index (χ3n) is 6.20. The fraction of sp³-hybridized carbons (Fsp3) is 0.357. The van der Waals surface area contributed by atoms with Crippen LogP contribution in [0.3, 0.4) is 0 Å². The van der Waals surface area contributed by atoms with Crippen molar-refractivity contribution in [2.24, 2.45) is 5.92 Å². The first-order valence-corrected chi connectivity index (χ1v) is 11.6. The Morgan fingerprint density at radius 2 is 1.73 bits per heavy atom. The number of hydrogen-bond acceptors (Lipinski definition) is 5. The van der Waals surface area contributed by atoms with E-state index in [1.807, 2.05) is 70.2 Å². The zero-order valence-corrected chi connectivity index (χ0v) is 19.6. The van der Waals surface area contributed by atoms with Crippen LogP contribution in [0.15, 0.2) is 77.6 Å². The maximum atomic E-state index is 13.6. The van der Waals surface area contributed by atoms with Crippen molar-refractivity contribution in [1.82, 2.24) is 5.32 Å². The second kappa shape index (κ2) is 9.65. The fourth-order valence-corrected chi connectivity index (χ4v) is 4.83. The molecule has 3 unspecified atom stereocenters. The van der Waals surface area contributed by atoms with Crippen molar-refractivity contribution in [3.05, 3.63) is 88.8 Å². The average Bonchev–Trinajstić information content (AvgIpc) is 2.79. The Labute approximate surface area is 195 Å². The molecule has 1 heterocycles. The van der Waals surface area contributed by atoms with Gasteiger partial charge in [0.2, 0.25) is 0 Å². The molecular formula is C28H31NO4. The maximum Gasteiger partial charge on any atom is 0.336 e. The van der Waals surface area contributed by atoms with Crippen molar-refractivity contribution >= 4 is 11.8 Å². The summed E-state index contributed by atoms with van der Waals surface area (Å²) in [6, 6.07) is 17.8. The predicted molar refractivity (Wildman–Crippen MR) is 128 cm³/mol. The Kier molecular flexibility index (Phi) is 6.68. The fourth-order valence-electron chi connectivity index (χ4n) is 4.83. The van der Waals surface area contributed by atoms with Crippen LogP contribution >= 0.6 is 0 Å². The number of nitrogens with one attached hydrogen (secondary N) is 1. The number of carbonyl (C=O) groups is 2. The molecule has 5 heteroatoms. The van der Waals surface area contributed by atoms with Crippen LogP contribution in [0.25, 0.3) is 0 Å². The molecule has 2 aliphatic rings. The zero-order valence-electron chi connectivity index (χ0n) is 19.6. The number of hydrogen-bond donors (Lipinski definition) is 1. The molecule has 33 heavy (non-hydrogen) atoms. The van der Waals surface area contributed by atoms with Crippen LogP contribution in [0.1, 0.15) is 57.1 Å². The highest BCUT2D eigenvalue weighted by atomic mass is 16.5. The normalized spacial score (nSPS) is 22.4. The van der Waals surface area contributed by atoms with Gasteiger partial charge in [-0.3, -0.25) is 4.79 Å². The third kappa shape index (κ3) is 4.72. The standard InChI is InChI=1S/C28H31NO4/c1-5-32-22-13-11-20(12-14-22)26-25(28(31)33-17(2)3)18(4)29-23-15-21(16-24(30)27(23)26)19-9-7-6-8-10-19/h6-15,17,21,26-27,29H,5,16H2,1-4H3. The quantitative estimate of drug-likeness (QED) is 0.615. The minimum atomic E-state index is -0.457. The van der Waals surface area contributed by atoms with Gasteiger partial charge in [0.15, 0.2) is 0 Å². The predicted octanol–water partition coefficient (Wildman–Crippen LogP) is 5.25. The number of esters is 1. The summed E-state index contributed by atoms with van der Waals surface area (Å²) in [6.45, 7) is 8.06. The van der Waals surface area contributed by atoms with Crippen molar-refractivity contribution in [3.63, 3.8) is 0 Å². The number of fused-ring (bicyclic) bond motifs is 1. The van der Waals surface area contributed by atoms with E-state index in [4.69, 9.17) is 9.47 Å². The summed E-state index contributed by atoms with van der Waals surface area (Å²) in [4.78, 5) is 26.7. The Hall–Kier alpha value is -3.34. The number of ether oxygens (including phenoxy) is 2. The first-order chi connectivity index (χ1) is 15.9. The highest BCUT2D eigenvalue weighted by Gasteiger charge is 2.45. The molecule has 1 aliphatic carbocycles. The van der Waals surface area contributed by atoms with Gasteiger partial charge in [-0.25, -0.2) is 4.79 Å². The molecule has 2 aromatic carbocycles. The van der Waals surface area contributed by atoms with E-state index in [0.717, 1.165) is 28.3 Å². The van der Waals surface area contributed by atoms with E-state index in [1.165, 1.54) is 0 Å². The first-order valence-electron chi connectivity index (χ1n) is 11.6. The van der Waals surface area contributed by atoms with Gasteiger partial charge in [0.25, 0.3) is 0 Å². The first kappa shape index (κ1) is 22.8. The Morgan fingerprint density at radius 1 is 1.03 bits per heavy atom. The van der Waals surface area contributed by atoms with E-state index < -0.39 is 11.8 Å². The molecule has 0 spiro atoms. The van der Waals surface area contributed by atoms with Crippen molar-refractivity contribution < 1.29 is 19.1 Å². The zero-order chi connectivity index (χ0) is 23.5. The summed E-state index contributed by atoms with van der Waals surface area (Å²) in [5, 5.41) is 3.38. The summed E-state index contributed by atoms with van der Waals surface area (Å²) in [7, 11) is 0. The summed E-state index contributed by atoms with van der Waals surface area (Å²) in [5.74, 6) is -0.363. The van der Waals surface area contributed by atoms with E-state index >= 15 is 0 Å². The van der Waals surface area contributed by atoms with Gasteiger partial charge >= 0.3 is 5.97 Å². The summed E-state index contributed by atoms with van der Waals surface area (Å²) >= 11 is 0. The second-order valence-corrected chi connectivity index (χ2v) is 8.88. The molecule has 0 saturated carbocycles. The average molecular weight is 446 g/mol. The Morgan fingerprint density at radius 3 is 2.36 bits per heavy atom. The van der Waals surface area contributed by atoms with Gasteiger partial charge in [-0.1, -0.05) is 48.5 Å². The van der Waals surface area contributed by atoms with E-state index in [2.05, 4.69) is 23.5 Å². The van der Waals surface area contributed by atoms with Gasteiger partial charge in [0.1, 0.15) is 11.5 Å². The number of carbonyl (C=O) groups excluding carboxylic acids is 2. The highest BCUT2D eigenvalue weighted by molar-refractivity contribution is 5.96. The summed E-state index contributed by atoms with van der Waals surface area (Å²) in [6.07, 6.45) is 2.30. The molecule has 0 fully saturated rings. The van der Waals surface area contributed by atoms with Crippen LogP contribution in [0, 0.1) is 5.92 Å². The van der Waals surface area contributed by atoms with E-state index in [-0.39, 0.29) is 23.8 Å². The van der Waals surface area contributed by atoms with E-state index in [9.17, 15) is 9.59 Å². The van der Waals surface area contributed by atoms with Crippen LogP contribution < -0.4 is 10.1 Å². The molecule has 0 saturated heterocycles. The monoisotopic (exact) mass is 445 g/mol. The van der Waals surface area contributed by atoms with Crippen LogP contribution in [-0.4, -0.2) is 24.5 Å². The molecule has 0 bridgehead atoms. The lowest BCUT2D eigenvalue weighted by atomic mass is 9.68. The summed E-state index contributed by atoms with van der Waals surface area (Å²) < 4.78 is 11.2. The SMILES string of the molecule is CCOc1ccc(C2C(C(=O)OC(C)C)=C(C)NC3=CC(c4ccccc4)CC(=O)C32)cc1. The molecule has 172 valence electrons. The topological polar surface area (TPSA) is 64.6 Å². The lowest BCUT2D eigenvalue weighted by molar-refractivity contribution is -0.143. The van der Waals surface area contributed by atoms with E-state index in [0.29, 0.717) is 18.6 Å². The molecule has 1 N–H and O–H groups in total. The van der Waals surface area contributed by atoms with Crippen molar-refractivity contribution in [1.29, 1.82) is 0 Å². The Bertz CT molecular complexity index is 1080. The molecule has 0 radical (unpaired) electrons. The van der Waals surface area contributed by atoms with Crippen LogP contribution in [0.2, 0.25) is 0 Å². The third-order valence-corrected chi connectivity index (χ3v) is 6.20. The molecule has 2 aromatic rings. The number of Topliss-reactive ketones (excluding diaryl/α,β-unsaturated/α-hetero) is 1. The highest BCUT2D eigenvalue weighted by Crippen LogP contribution is 2.46. The van der Waals surface area contributed by atoms with Crippen LogP contribution in [-0.2, 0) is 14.3 Å². The molecular weight excluding hydrogens is 414 g/mol. The van der Waals surface area contributed by atoms with E-state index in [1.54, 1.807) is 0 Å². The van der Waals surface area contributed by atoms with Gasteiger partial charge in [-0.2, -0.15) is 0 Å². The molecule has 3 atom stereocenters. The van der Waals surface area contributed by atoms with Crippen molar-refractivity contribution in [3.8, 4) is 5.75 Å². The lowest BCUT2D eigenvalue weighted by Gasteiger charge is -2.39. The van der Waals surface area contributed by atoms with Gasteiger partial charge in [-0.15, -0.1) is 0 Å². The lowest BCUT2D eigenvalue weighted by Crippen LogP contribution is -2.42. The smallest absolute Gasteiger partial charge is 0.336 e. The number of benzene rings is 2. The number of ketones is 1. The largest absolute Gasteiger partial charge is 0.494 e.